The standard InChI is InChI=1S/C17H18F3N3O2/c18-17(19,20)11-4-3-5-12(8-11)22-16(25)10-23-14-7-2-1-6-13(14)15(24)9-21-23/h1-2,6-7,9,11-12H,3-5,8,10H2,(H,22,25)/t11-,12-/m1/s1. The number of nitrogens with one attached hydrogen (secondary N) is 1. The Bertz CT molecular complexity index is 832. The number of hydrogen-bond donors (Lipinski definition) is 1. The van der Waals surface area contributed by atoms with Crippen molar-refractivity contribution in [1.29, 1.82) is 0 Å². The summed E-state index contributed by atoms with van der Waals surface area (Å²) in [7, 11) is 0. The quantitative estimate of drug-likeness (QED) is 0.923. The second-order valence-electron chi connectivity index (χ2n) is 6.35. The molecule has 1 fully saturated rings. The fourth-order valence-corrected chi connectivity index (χ4v) is 3.31. The van der Waals surface area contributed by atoms with E-state index in [9.17, 15) is 22.8 Å². The number of benzene rings is 1. The van der Waals surface area contributed by atoms with Gasteiger partial charge in [-0.25, -0.2) is 0 Å². The number of aromatic nitrogens is 2. The van der Waals surface area contributed by atoms with E-state index in [0.717, 1.165) is 6.20 Å². The number of nitrogens with zero attached hydrogens (tertiary/aromatic N) is 2. The van der Waals surface area contributed by atoms with Gasteiger partial charge in [0.15, 0.2) is 0 Å². The van der Waals surface area contributed by atoms with Crippen molar-refractivity contribution in [3.05, 3.63) is 40.7 Å². The molecule has 25 heavy (non-hydrogen) atoms. The van der Waals surface area contributed by atoms with Crippen LogP contribution in [0.1, 0.15) is 25.7 Å². The lowest BCUT2D eigenvalue weighted by molar-refractivity contribution is -0.184. The molecule has 1 aromatic heterocycles. The number of halogens is 3. The van der Waals surface area contributed by atoms with E-state index < -0.39 is 24.0 Å². The van der Waals surface area contributed by atoms with Crippen LogP contribution in [0.4, 0.5) is 13.2 Å². The van der Waals surface area contributed by atoms with Gasteiger partial charge in [0, 0.05) is 11.4 Å². The number of fused-ring (bicyclic) bond motifs is 1. The maximum atomic E-state index is 12.9. The Morgan fingerprint density at radius 3 is 2.80 bits per heavy atom. The smallest absolute Gasteiger partial charge is 0.352 e. The molecule has 5 nitrogen and oxygen atoms in total. The molecule has 1 amide bonds. The highest BCUT2D eigenvalue weighted by Crippen LogP contribution is 2.37. The first-order valence-electron chi connectivity index (χ1n) is 8.15. The maximum Gasteiger partial charge on any atom is 0.391 e. The van der Waals surface area contributed by atoms with Crippen LogP contribution in [-0.2, 0) is 11.3 Å². The van der Waals surface area contributed by atoms with Crippen LogP contribution in [0.25, 0.3) is 10.9 Å². The second kappa shape index (κ2) is 6.85. The molecular weight excluding hydrogens is 335 g/mol. The van der Waals surface area contributed by atoms with Crippen molar-refractivity contribution in [2.45, 2.75) is 44.4 Å². The summed E-state index contributed by atoms with van der Waals surface area (Å²) < 4.78 is 39.9. The summed E-state index contributed by atoms with van der Waals surface area (Å²) in [4.78, 5) is 24.0. The Balaban J connectivity index is 1.69. The van der Waals surface area contributed by atoms with Gasteiger partial charge in [-0.15, -0.1) is 0 Å². The first-order valence-corrected chi connectivity index (χ1v) is 8.15. The average molecular weight is 353 g/mol. The number of para-hydroxylation sites is 1. The zero-order chi connectivity index (χ0) is 18.0. The van der Waals surface area contributed by atoms with Gasteiger partial charge in [0.1, 0.15) is 6.54 Å². The lowest BCUT2D eigenvalue weighted by Crippen LogP contribution is -2.43. The van der Waals surface area contributed by atoms with Crippen molar-refractivity contribution in [3.8, 4) is 0 Å². The minimum absolute atomic E-state index is 0.0897. The van der Waals surface area contributed by atoms with Gasteiger partial charge in [-0.05, 0) is 31.4 Å². The van der Waals surface area contributed by atoms with Gasteiger partial charge in [0.2, 0.25) is 11.3 Å². The van der Waals surface area contributed by atoms with Gasteiger partial charge >= 0.3 is 6.18 Å². The maximum absolute atomic E-state index is 12.9. The minimum Gasteiger partial charge on any atom is -0.352 e. The topological polar surface area (TPSA) is 64.0 Å². The van der Waals surface area contributed by atoms with E-state index in [1.54, 1.807) is 24.3 Å². The monoisotopic (exact) mass is 353 g/mol. The molecule has 8 heteroatoms. The van der Waals surface area contributed by atoms with Crippen LogP contribution in [0, 0.1) is 5.92 Å². The molecule has 1 heterocycles. The molecule has 0 saturated heterocycles. The number of carbonyl (C=O) groups excluding carboxylic acids is 1. The van der Waals surface area contributed by atoms with Gasteiger partial charge < -0.3 is 5.32 Å². The van der Waals surface area contributed by atoms with Gasteiger partial charge in [0.25, 0.3) is 0 Å². The van der Waals surface area contributed by atoms with Crippen molar-refractivity contribution in [3.63, 3.8) is 0 Å². The van der Waals surface area contributed by atoms with Crippen LogP contribution in [0.3, 0.4) is 0 Å². The first-order chi connectivity index (χ1) is 11.8. The lowest BCUT2D eigenvalue weighted by Gasteiger charge is -2.31. The van der Waals surface area contributed by atoms with Gasteiger partial charge in [-0.1, -0.05) is 18.6 Å². The Kier molecular flexibility index (Phi) is 4.78. The normalized spacial score (nSPS) is 21.2. The number of amides is 1. The van der Waals surface area contributed by atoms with E-state index in [-0.39, 0.29) is 24.8 Å². The predicted molar refractivity (Wildman–Crippen MR) is 85.9 cm³/mol. The summed E-state index contributed by atoms with van der Waals surface area (Å²) in [5.41, 5.74) is 0.273. The zero-order valence-electron chi connectivity index (χ0n) is 13.4. The van der Waals surface area contributed by atoms with Gasteiger partial charge in [-0.3, -0.25) is 14.3 Å². The van der Waals surface area contributed by atoms with E-state index >= 15 is 0 Å². The Hall–Kier alpha value is -2.38. The van der Waals surface area contributed by atoms with E-state index in [1.165, 1.54) is 4.68 Å². The van der Waals surface area contributed by atoms with Crippen LogP contribution in [0.2, 0.25) is 0 Å². The largest absolute Gasteiger partial charge is 0.391 e. The van der Waals surface area contributed by atoms with Crippen molar-refractivity contribution in [2.24, 2.45) is 5.92 Å². The molecule has 1 saturated carbocycles. The molecule has 1 aliphatic rings. The predicted octanol–water partition coefficient (Wildman–Crippen LogP) is 2.63. The highest BCUT2D eigenvalue weighted by atomic mass is 19.4. The summed E-state index contributed by atoms with van der Waals surface area (Å²) in [5.74, 6) is -1.77. The molecular formula is C17H18F3N3O2. The highest BCUT2D eigenvalue weighted by molar-refractivity contribution is 5.81. The van der Waals surface area contributed by atoms with E-state index in [4.69, 9.17) is 0 Å². The number of carbonyl (C=O) groups is 1. The molecule has 0 spiro atoms. The van der Waals surface area contributed by atoms with Gasteiger partial charge in [-0.2, -0.15) is 18.3 Å². The van der Waals surface area contributed by atoms with Crippen molar-refractivity contribution in [2.75, 3.05) is 0 Å². The molecule has 0 unspecified atom stereocenters. The third-order valence-corrected chi connectivity index (χ3v) is 4.56. The van der Waals surface area contributed by atoms with Crippen molar-refractivity contribution < 1.29 is 18.0 Å². The Morgan fingerprint density at radius 1 is 1.28 bits per heavy atom. The summed E-state index contributed by atoms with van der Waals surface area (Å²) >= 11 is 0. The molecule has 0 aliphatic heterocycles. The van der Waals surface area contributed by atoms with Gasteiger partial charge in [0.05, 0.1) is 17.6 Å². The molecule has 3 rings (SSSR count). The van der Waals surface area contributed by atoms with E-state index in [0.29, 0.717) is 23.7 Å². The fraction of sp³-hybridized carbons (Fsp3) is 0.471. The summed E-state index contributed by atoms with van der Waals surface area (Å²) in [5, 5.41) is 7.07. The second-order valence-corrected chi connectivity index (χ2v) is 6.35. The molecule has 2 atom stereocenters. The molecule has 1 aliphatic carbocycles. The summed E-state index contributed by atoms with van der Waals surface area (Å²) in [6.45, 7) is -0.145. The van der Waals surface area contributed by atoms with Crippen LogP contribution in [-0.4, -0.2) is 27.9 Å². The molecule has 2 aromatic rings. The zero-order valence-corrected chi connectivity index (χ0v) is 13.4. The molecule has 0 bridgehead atoms. The van der Waals surface area contributed by atoms with Crippen LogP contribution < -0.4 is 10.7 Å². The first kappa shape index (κ1) is 17.4. The van der Waals surface area contributed by atoms with Crippen LogP contribution in [0.15, 0.2) is 35.3 Å². The number of hydrogen-bond acceptors (Lipinski definition) is 3. The van der Waals surface area contributed by atoms with Crippen molar-refractivity contribution >= 4 is 16.8 Å². The third kappa shape index (κ3) is 4.00. The molecule has 134 valence electrons. The Labute approximate surface area is 141 Å². The van der Waals surface area contributed by atoms with Crippen molar-refractivity contribution in [1.82, 2.24) is 15.1 Å². The molecule has 0 radical (unpaired) electrons. The van der Waals surface area contributed by atoms with E-state index in [1.807, 2.05) is 0 Å². The minimum atomic E-state index is -4.22. The lowest BCUT2D eigenvalue weighted by atomic mass is 9.85. The third-order valence-electron chi connectivity index (χ3n) is 4.56. The molecule has 1 aromatic carbocycles. The van der Waals surface area contributed by atoms with Crippen LogP contribution >= 0.6 is 0 Å². The Morgan fingerprint density at radius 2 is 2.04 bits per heavy atom. The summed E-state index contributed by atoms with van der Waals surface area (Å²) in [6, 6.07) is 6.28. The number of rotatable bonds is 3. The van der Waals surface area contributed by atoms with Crippen LogP contribution in [0.5, 0.6) is 0 Å². The number of alkyl halides is 3. The highest BCUT2D eigenvalue weighted by Gasteiger charge is 2.42. The summed E-state index contributed by atoms with van der Waals surface area (Å²) in [6.07, 6.45) is -2.09. The SMILES string of the molecule is O=C(Cn1ncc(=O)c2ccccc21)N[C@@H]1CCC[C@@H](C(F)(F)F)C1. The fourth-order valence-electron chi connectivity index (χ4n) is 3.31. The average Bonchev–Trinajstić information content (AvgIpc) is 2.57. The molecule has 1 N–H and O–H groups in total. The van der Waals surface area contributed by atoms with E-state index in [2.05, 4.69) is 10.4 Å².